The van der Waals surface area contributed by atoms with E-state index in [1.807, 2.05) is 0 Å². The van der Waals surface area contributed by atoms with Crippen molar-refractivity contribution in [1.82, 2.24) is 0 Å². The number of nitrogens with one attached hydrogen (secondary N) is 1. The molecule has 0 bridgehead atoms. The molecule has 0 spiro atoms. The van der Waals surface area contributed by atoms with Gasteiger partial charge in [0.1, 0.15) is 22.1 Å². The monoisotopic (exact) mass is 484 g/mol. The van der Waals surface area contributed by atoms with Gasteiger partial charge in [-0.3, -0.25) is 14.9 Å². The summed E-state index contributed by atoms with van der Waals surface area (Å²) in [6, 6.07) is 13.1. The Bertz CT molecular complexity index is 1160. The van der Waals surface area contributed by atoms with Crippen LogP contribution >= 0.6 is 11.3 Å². The number of esters is 1. The van der Waals surface area contributed by atoms with E-state index in [9.17, 15) is 19.7 Å². The van der Waals surface area contributed by atoms with Gasteiger partial charge in [-0.1, -0.05) is 12.1 Å². The van der Waals surface area contributed by atoms with Crippen molar-refractivity contribution in [2.75, 3.05) is 25.6 Å². The third-order valence-electron chi connectivity index (χ3n) is 4.77. The van der Waals surface area contributed by atoms with Crippen LogP contribution in [0.4, 0.5) is 10.7 Å². The number of benzene rings is 2. The second-order valence-electron chi connectivity index (χ2n) is 7.06. The molecule has 10 heteroatoms. The Morgan fingerprint density at radius 1 is 1.12 bits per heavy atom. The van der Waals surface area contributed by atoms with E-state index in [2.05, 4.69) is 5.32 Å². The molecule has 3 aromatic rings. The van der Waals surface area contributed by atoms with Crippen molar-refractivity contribution in [3.63, 3.8) is 0 Å². The maximum Gasteiger partial charge on any atom is 0.341 e. The number of rotatable bonds is 11. The van der Waals surface area contributed by atoms with Gasteiger partial charge in [0.2, 0.25) is 5.91 Å². The number of nitrogens with zero attached hydrogens (tertiary/aromatic N) is 1. The molecule has 34 heavy (non-hydrogen) atoms. The van der Waals surface area contributed by atoms with Gasteiger partial charge >= 0.3 is 5.97 Å². The van der Waals surface area contributed by atoms with E-state index in [-0.39, 0.29) is 30.2 Å². The number of thiophene rings is 1. The number of amides is 1. The summed E-state index contributed by atoms with van der Waals surface area (Å²) in [6.07, 6.45) is 0.651. The highest BCUT2D eigenvalue weighted by Gasteiger charge is 2.23. The number of hydrogen-bond acceptors (Lipinski definition) is 8. The molecule has 0 aliphatic heterocycles. The fraction of sp³-hybridized carbons (Fsp3) is 0.250. The van der Waals surface area contributed by atoms with E-state index in [1.165, 1.54) is 12.1 Å². The van der Waals surface area contributed by atoms with Crippen LogP contribution in [0.3, 0.4) is 0 Å². The smallest absolute Gasteiger partial charge is 0.341 e. The zero-order valence-electron chi connectivity index (χ0n) is 18.7. The molecule has 0 saturated carbocycles. The third-order valence-corrected chi connectivity index (χ3v) is 5.66. The van der Waals surface area contributed by atoms with Gasteiger partial charge in [0, 0.05) is 29.5 Å². The van der Waals surface area contributed by atoms with Crippen LogP contribution in [0.15, 0.2) is 53.9 Å². The molecule has 0 saturated heterocycles. The van der Waals surface area contributed by atoms with Gasteiger partial charge in [-0.25, -0.2) is 4.79 Å². The lowest BCUT2D eigenvalue weighted by molar-refractivity contribution is -0.384. The molecule has 0 fully saturated rings. The Labute approximate surface area is 200 Å². The largest absolute Gasteiger partial charge is 0.497 e. The molecule has 2 aromatic carbocycles. The third kappa shape index (κ3) is 6.32. The van der Waals surface area contributed by atoms with Crippen LogP contribution in [0.5, 0.6) is 11.5 Å². The summed E-state index contributed by atoms with van der Waals surface area (Å²) in [5.74, 6) is 0.509. The number of anilines is 1. The first-order chi connectivity index (χ1) is 16.4. The molecule has 1 heterocycles. The molecular formula is C24H24N2O7S. The number of hydrogen-bond donors (Lipinski definition) is 1. The second kappa shape index (κ2) is 11.8. The van der Waals surface area contributed by atoms with Gasteiger partial charge in [0.05, 0.1) is 25.2 Å². The Kier molecular flexibility index (Phi) is 8.58. The molecule has 178 valence electrons. The minimum absolute atomic E-state index is 0.0963. The van der Waals surface area contributed by atoms with Crippen LogP contribution in [-0.4, -0.2) is 37.1 Å². The molecule has 3 rings (SSSR count). The van der Waals surface area contributed by atoms with E-state index < -0.39 is 10.9 Å². The fourth-order valence-corrected chi connectivity index (χ4v) is 4.11. The lowest BCUT2D eigenvalue weighted by atomic mass is 10.0. The lowest BCUT2D eigenvalue weighted by Gasteiger charge is -2.09. The molecule has 0 aliphatic carbocycles. The highest BCUT2D eigenvalue weighted by atomic mass is 32.1. The van der Waals surface area contributed by atoms with Crippen LogP contribution in [0.25, 0.3) is 11.1 Å². The van der Waals surface area contributed by atoms with E-state index in [0.29, 0.717) is 34.9 Å². The van der Waals surface area contributed by atoms with Crippen LogP contribution in [0.1, 0.15) is 30.1 Å². The number of non-ortho nitro benzene ring substituents is 1. The highest BCUT2D eigenvalue weighted by molar-refractivity contribution is 7.15. The van der Waals surface area contributed by atoms with Crippen LogP contribution < -0.4 is 14.8 Å². The highest BCUT2D eigenvalue weighted by Crippen LogP contribution is 2.37. The standard InChI is InChI=1S/C24H24N2O7S/c1-3-32-24(28)22-20(16-6-4-7-17(14-16)26(29)30)15-34-23(22)25-21(27)8-5-13-33-19-11-9-18(31-2)10-12-19/h4,6-7,9-12,14-15H,3,5,8,13H2,1-2H3,(H,25,27). The van der Waals surface area contributed by atoms with Gasteiger partial charge in [-0.15, -0.1) is 11.3 Å². The molecule has 0 unspecified atom stereocenters. The van der Waals surface area contributed by atoms with Crippen molar-refractivity contribution in [2.45, 2.75) is 19.8 Å². The Morgan fingerprint density at radius 2 is 1.85 bits per heavy atom. The summed E-state index contributed by atoms with van der Waals surface area (Å²) in [7, 11) is 1.59. The van der Waals surface area contributed by atoms with Crippen molar-refractivity contribution >= 4 is 33.9 Å². The molecule has 1 amide bonds. The summed E-state index contributed by atoms with van der Waals surface area (Å²) >= 11 is 1.16. The van der Waals surface area contributed by atoms with E-state index in [4.69, 9.17) is 14.2 Å². The number of methoxy groups -OCH3 is 1. The Balaban J connectivity index is 1.67. The van der Waals surface area contributed by atoms with E-state index in [0.717, 1.165) is 17.1 Å². The van der Waals surface area contributed by atoms with Crippen molar-refractivity contribution in [2.24, 2.45) is 0 Å². The maximum atomic E-state index is 12.7. The van der Waals surface area contributed by atoms with Crippen molar-refractivity contribution in [1.29, 1.82) is 0 Å². The van der Waals surface area contributed by atoms with Crippen molar-refractivity contribution < 1.29 is 28.7 Å². The number of carbonyl (C=O) groups excluding carboxylic acids is 2. The number of ether oxygens (including phenoxy) is 3. The summed E-state index contributed by atoms with van der Waals surface area (Å²) in [5.41, 5.74) is 1.03. The summed E-state index contributed by atoms with van der Waals surface area (Å²) in [6.45, 7) is 2.17. The Morgan fingerprint density at radius 3 is 2.53 bits per heavy atom. The molecule has 0 atom stereocenters. The molecule has 9 nitrogen and oxygen atoms in total. The summed E-state index contributed by atoms with van der Waals surface area (Å²) in [4.78, 5) is 35.8. The number of nitro groups is 1. The van der Waals surface area contributed by atoms with Crippen LogP contribution in [-0.2, 0) is 9.53 Å². The van der Waals surface area contributed by atoms with Gasteiger partial charge in [-0.2, -0.15) is 0 Å². The quantitative estimate of drug-likeness (QED) is 0.170. The minimum Gasteiger partial charge on any atom is -0.497 e. The minimum atomic E-state index is -0.608. The summed E-state index contributed by atoms with van der Waals surface area (Å²) < 4.78 is 15.9. The average molecular weight is 485 g/mol. The van der Waals surface area contributed by atoms with Gasteiger partial charge in [0.25, 0.3) is 5.69 Å². The lowest BCUT2D eigenvalue weighted by Crippen LogP contribution is -2.15. The topological polar surface area (TPSA) is 117 Å². The summed E-state index contributed by atoms with van der Waals surface area (Å²) in [5, 5.41) is 15.9. The maximum absolute atomic E-state index is 12.7. The molecule has 0 radical (unpaired) electrons. The van der Waals surface area contributed by atoms with Crippen LogP contribution in [0, 0.1) is 10.1 Å². The zero-order valence-corrected chi connectivity index (χ0v) is 19.6. The molecule has 0 aliphatic rings. The predicted molar refractivity (Wildman–Crippen MR) is 129 cm³/mol. The first-order valence-electron chi connectivity index (χ1n) is 10.5. The second-order valence-corrected chi connectivity index (χ2v) is 7.94. The molecule has 1 N–H and O–H groups in total. The Hall–Kier alpha value is -3.92. The van der Waals surface area contributed by atoms with Crippen molar-refractivity contribution in [3.8, 4) is 22.6 Å². The van der Waals surface area contributed by atoms with Gasteiger partial charge in [0.15, 0.2) is 0 Å². The number of carbonyl (C=O) groups is 2. The zero-order chi connectivity index (χ0) is 24.5. The van der Waals surface area contributed by atoms with Crippen LogP contribution in [0.2, 0.25) is 0 Å². The molecule has 1 aromatic heterocycles. The average Bonchev–Trinajstić information content (AvgIpc) is 3.26. The first kappa shape index (κ1) is 24.7. The van der Waals surface area contributed by atoms with E-state index in [1.54, 1.807) is 55.8 Å². The fourth-order valence-electron chi connectivity index (χ4n) is 3.14. The predicted octanol–water partition coefficient (Wildman–Crippen LogP) is 5.31. The van der Waals surface area contributed by atoms with Gasteiger partial charge in [-0.05, 0) is 43.2 Å². The van der Waals surface area contributed by atoms with E-state index >= 15 is 0 Å². The molecular weight excluding hydrogens is 460 g/mol. The normalized spacial score (nSPS) is 10.4. The number of nitro benzene ring substituents is 1. The SMILES string of the molecule is CCOC(=O)c1c(-c2cccc([N+](=O)[O-])c2)csc1NC(=O)CCCOc1ccc(OC)cc1. The van der Waals surface area contributed by atoms with Gasteiger partial charge < -0.3 is 19.5 Å². The van der Waals surface area contributed by atoms with Crippen molar-refractivity contribution in [3.05, 3.63) is 69.6 Å². The first-order valence-corrected chi connectivity index (χ1v) is 11.4.